The second-order valence-corrected chi connectivity index (χ2v) is 6.60. The molecule has 0 saturated heterocycles. The van der Waals surface area contributed by atoms with Crippen LogP contribution in [0.3, 0.4) is 0 Å². The summed E-state index contributed by atoms with van der Waals surface area (Å²) in [4.78, 5) is 4.55. The van der Waals surface area contributed by atoms with Crippen LogP contribution in [-0.4, -0.2) is 37.4 Å². The summed E-state index contributed by atoms with van der Waals surface area (Å²) in [7, 11) is 0. The van der Waals surface area contributed by atoms with Crippen LogP contribution in [0.5, 0.6) is 11.5 Å². The molecule has 0 bridgehead atoms. The Balaban J connectivity index is 1.97. The first-order valence-electron chi connectivity index (χ1n) is 10.4. The highest BCUT2D eigenvalue weighted by molar-refractivity contribution is 5.79. The van der Waals surface area contributed by atoms with Crippen molar-refractivity contribution in [3.8, 4) is 11.5 Å². The van der Waals surface area contributed by atoms with Crippen molar-refractivity contribution in [3.05, 3.63) is 58.9 Å². The van der Waals surface area contributed by atoms with Gasteiger partial charge in [0.05, 0.1) is 26.4 Å². The lowest BCUT2D eigenvalue weighted by Crippen LogP contribution is -2.38. The normalized spacial score (nSPS) is 11.3. The minimum atomic E-state index is -0.406. The summed E-state index contributed by atoms with van der Waals surface area (Å²) in [5.41, 5.74) is 2.25. The first-order chi connectivity index (χ1) is 14.6. The lowest BCUT2D eigenvalue weighted by molar-refractivity contribution is 0.275. The first kappa shape index (κ1) is 23.5. The Hall–Kier alpha value is -2.80. The smallest absolute Gasteiger partial charge is 0.191 e. The SMILES string of the molecule is CCNC(=NCc1ccc(F)c(CO)c1)NCCc1ccc(OCC)c(OCC)c1. The molecule has 0 aliphatic heterocycles. The number of rotatable bonds is 11. The minimum Gasteiger partial charge on any atom is -0.490 e. The van der Waals surface area contributed by atoms with Crippen molar-refractivity contribution in [1.29, 1.82) is 0 Å². The van der Waals surface area contributed by atoms with Crippen molar-refractivity contribution in [2.45, 2.75) is 40.3 Å². The fraction of sp³-hybridized carbons (Fsp3) is 0.435. The fourth-order valence-corrected chi connectivity index (χ4v) is 2.94. The summed E-state index contributed by atoms with van der Waals surface area (Å²) in [5, 5.41) is 15.7. The van der Waals surface area contributed by atoms with Gasteiger partial charge in [0.15, 0.2) is 17.5 Å². The van der Waals surface area contributed by atoms with Crippen molar-refractivity contribution in [2.24, 2.45) is 4.99 Å². The Morgan fingerprint density at radius 1 is 0.967 bits per heavy atom. The van der Waals surface area contributed by atoms with Crippen molar-refractivity contribution in [3.63, 3.8) is 0 Å². The number of benzene rings is 2. The van der Waals surface area contributed by atoms with Gasteiger partial charge in [-0.15, -0.1) is 0 Å². The Kier molecular flexibility index (Phi) is 9.94. The lowest BCUT2D eigenvalue weighted by Gasteiger charge is -2.14. The maximum atomic E-state index is 13.5. The molecule has 3 N–H and O–H groups in total. The Labute approximate surface area is 178 Å². The predicted molar refractivity (Wildman–Crippen MR) is 118 cm³/mol. The largest absolute Gasteiger partial charge is 0.490 e. The minimum absolute atomic E-state index is 0.279. The molecule has 0 radical (unpaired) electrons. The number of guanidine groups is 1. The molecule has 0 fully saturated rings. The summed E-state index contributed by atoms with van der Waals surface area (Å²) in [5.74, 6) is 1.79. The summed E-state index contributed by atoms with van der Waals surface area (Å²) in [6.07, 6.45) is 0.794. The molecule has 0 atom stereocenters. The number of halogens is 1. The van der Waals surface area contributed by atoms with Gasteiger partial charge in [-0.25, -0.2) is 9.38 Å². The molecule has 0 saturated carbocycles. The number of aliphatic hydroxyl groups is 1. The maximum absolute atomic E-state index is 13.5. The molecule has 2 aromatic carbocycles. The van der Waals surface area contributed by atoms with Gasteiger partial charge < -0.3 is 25.2 Å². The molecule has 6 nitrogen and oxygen atoms in total. The Bertz CT molecular complexity index is 827. The topological polar surface area (TPSA) is 75.1 Å². The quantitative estimate of drug-likeness (QED) is 0.386. The van der Waals surface area contributed by atoms with E-state index in [2.05, 4.69) is 15.6 Å². The number of hydrogen-bond donors (Lipinski definition) is 3. The van der Waals surface area contributed by atoms with E-state index in [-0.39, 0.29) is 12.2 Å². The predicted octanol–water partition coefficient (Wildman–Crippen LogP) is 3.41. The molecule has 2 aromatic rings. The van der Waals surface area contributed by atoms with Crippen LogP contribution in [-0.2, 0) is 19.6 Å². The zero-order valence-electron chi connectivity index (χ0n) is 18.0. The van der Waals surface area contributed by atoms with Crippen molar-refractivity contribution < 1.29 is 19.0 Å². The highest BCUT2D eigenvalue weighted by atomic mass is 19.1. The van der Waals surface area contributed by atoms with E-state index in [9.17, 15) is 9.50 Å². The second-order valence-electron chi connectivity index (χ2n) is 6.60. The Morgan fingerprint density at radius 3 is 2.40 bits per heavy atom. The van der Waals surface area contributed by atoms with Crippen LogP contribution in [0.2, 0.25) is 0 Å². The number of hydrogen-bond acceptors (Lipinski definition) is 4. The van der Waals surface area contributed by atoms with Gasteiger partial charge >= 0.3 is 0 Å². The molecular formula is C23H32FN3O3. The van der Waals surface area contributed by atoms with Gasteiger partial charge in [0.2, 0.25) is 0 Å². The summed E-state index contributed by atoms with van der Waals surface area (Å²) < 4.78 is 24.8. The molecule has 0 aliphatic rings. The number of aliphatic hydroxyl groups excluding tert-OH is 1. The van der Waals surface area contributed by atoms with Gasteiger partial charge in [0.1, 0.15) is 5.82 Å². The first-order valence-corrected chi connectivity index (χ1v) is 10.4. The Morgan fingerprint density at radius 2 is 1.70 bits per heavy atom. The van der Waals surface area contributed by atoms with Crippen LogP contribution in [0.25, 0.3) is 0 Å². The average Bonchev–Trinajstić information content (AvgIpc) is 2.75. The average molecular weight is 418 g/mol. The molecule has 30 heavy (non-hydrogen) atoms. The molecule has 0 aromatic heterocycles. The summed E-state index contributed by atoms with van der Waals surface area (Å²) in [6.45, 7) is 8.57. The van der Waals surface area contributed by atoms with Gasteiger partial charge in [0.25, 0.3) is 0 Å². The van der Waals surface area contributed by atoms with E-state index in [0.717, 1.165) is 35.6 Å². The molecule has 0 unspecified atom stereocenters. The van der Waals surface area contributed by atoms with E-state index >= 15 is 0 Å². The molecule has 164 valence electrons. The van der Waals surface area contributed by atoms with Gasteiger partial charge in [-0.1, -0.05) is 12.1 Å². The van der Waals surface area contributed by atoms with E-state index in [0.29, 0.717) is 32.3 Å². The standard InChI is InChI=1S/C23H32FN3O3/c1-4-25-23(27-15-18-7-9-20(24)19(13-18)16-28)26-12-11-17-8-10-21(29-5-2)22(14-17)30-6-3/h7-10,13-14,28H,4-6,11-12,15-16H2,1-3H3,(H2,25,26,27). The highest BCUT2D eigenvalue weighted by Crippen LogP contribution is 2.28. The van der Waals surface area contributed by atoms with Gasteiger partial charge in [0, 0.05) is 18.7 Å². The molecule has 0 spiro atoms. The third-order valence-electron chi connectivity index (χ3n) is 4.36. The highest BCUT2D eigenvalue weighted by Gasteiger charge is 2.07. The van der Waals surface area contributed by atoms with Crippen LogP contribution in [0.15, 0.2) is 41.4 Å². The van der Waals surface area contributed by atoms with Crippen molar-refractivity contribution in [1.82, 2.24) is 10.6 Å². The van der Waals surface area contributed by atoms with Gasteiger partial charge in [-0.2, -0.15) is 0 Å². The van der Waals surface area contributed by atoms with E-state index in [1.54, 1.807) is 12.1 Å². The zero-order chi connectivity index (χ0) is 21.8. The molecule has 7 heteroatoms. The molecule has 0 amide bonds. The lowest BCUT2D eigenvalue weighted by atomic mass is 10.1. The summed E-state index contributed by atoms with van der Waals surface area (Å²) in [6, 6.07) is 10.7. The van der Waals surface area contributed by atoms with Crippen LogP contribution in [0.4, 0.5) is 4.39 Å². The number of nitrogens with one attached hydrogen (secondary N) is 2. The molecule has 2 rings (SSSR count). The fourth-order valence-electron chi connectivity index (χ4n) is 2.94. The van der Waals surface area contributed by atoms with E-state index in [4.69, 9.17) is 9.47 Å². The van der Waals surface area contributed by atoms with Gasteiger partial charge in [-0.05, 0) is 62.6 Å². The van der Waals surface area contributed by atoms with Crippen LogP contribution < -0.4 is 20.1 Å². The third kappa shape index (κ3) is 7.22. The molecule has 0 heterocycles. The van der Waals surface area contributed by atoms with E-state index in [1.165, 1.54) is 6.07 Å². The van der Waals surface area contributed by atoms with Crippen LogP contribution in [0, 0.1) is 5.82 Å². The van der Waals surface area contributed by atoms with E-state index < -0.39 is 5.82 Å². The number of ether oxygens (including phenoxy) is 2. The van der Waals surface area contributed by atoms with E-state index in [1.807, 2.05) is 39.0 Å². The maximum Gasteiger partial charge on any atom is 0.191 e. The second kappa shape index (κ2) is 12.7. The van der Waals surface area contributed by atoms with Crippen LogP contribution in [0.1, 0.15) is 37.5 Å². The number of nitrogens with zero attached hydrogens (tertiary/aromatic N) is 1. The van der Waals surface area contributed by atoms with Gasteiger partial charge in [-0.3, -0.25) is 0 Å². The number of aliphatic imine (C=N–C) groups is 1. The van der Waals surface area contributed by atoms with Crippen LogP contribution >= 0.6 is 0 Å². The zero-order valence-corrected chi connectivity index (χ0v) is 18.0. The van der Waals surface area contributed by atoms with Crippen molar-refractivity contribution in [2.75, 3.05) is 26.3 Å². The summed E-state index contributed by atoms with van der Waals surface area (Å²) >= 11 is 0. The van der Waals surface area contributed by atoms with Crippen molar-refractivity contribution >= 4 is 5.96 Å². The molecular weight excluding hydrogens is 385 g/mol. The molecule has 0 aliphatic carbocycles. The third-order valence-corrected chi connectivity index (χ3v) is 4.36. The monoisotopic (exact) mass is 417 g/mol.